The van der Waals surface area contributed by atoms with Crippen molar-refractivity contribution in [1.29, 1.82) is 0 Å². The average molecular weight is 462 g/mol. The minimum Gasteiger partial charge on any atom is -0.322 e. The van der Waals surface area contributed by atoms with Crippen LogP contribution in [0.2, 0.25) is 5.02 Å². The molecule has 2 heterocycles. The summed E-state index contributed by atoms with van der Waals surface area (Å²) in [6, 6.07) is 12.7. The lowest BCUT2D eigenvalue weighted by molar-refractivity contribution is -0.135. The Morgan fingerprint density at radius 2 is 1.97 bits per heavy atom. The second-order valence-electron chi connectivity index (χ2n) is 6.65. The van der Waals surface area contributed by atoms with E-state index in [-0.39, 0.29) is 18.0 Å². The number of rotatable bonds is 5. The van der Waals surface area contributed by atoms with Crippen molar-refractivity contribution >= 4 is 52.2 Å². The molecule has 0 spiro atoms. The third-order valence-electron chi connectivity index (χ3n) is 4.63. The minimum absolute atomic E-state index is 0.0883. The highest BCUT2D eigenvalue weighted by Gasteiger charge is 2.35. The number of thioether (sulfide) groups is 1. The molecule has 0 saturated carbocycles. The van der Waals surface area contributed by atoms with Gasteiger partial charge in [-0.05, 0) is 18.2 Å². The van der Waals surface area contributed by atoms with Crippen LogP contribution in [0.3, 0.4) is 0 Å². The molecule has 0 aliphatic carbocycles. The largest absolute Gasteiger partial charge is 0.322 e. The van der Waals surface area contributed by atoms with Crippen LogP contribution in [0.5, 0.6) is 0 Å². The monoisotopic (exact) mass is 461 g/mol. The molecule has 0 bridgehead atoms. The maximum absolute atomic E-state index is 13.8. The summed E-state index contributed by atoms with van der Waals surface area (Å²) in [4.78, 5) is 31.6. The smallest absolute Gasteiger partial charge is 0.248 e. The number of benzene rings is 2. The van der Waals surface area contributed by atoms with Gasteiger partial charge in [-0.2, -0.15) is 0 Å². The van der Waals surface area contributed by atoms with Crippen LogP contribution in [-0.2, 0) is 16.0 Å². The van der Waals surface area contributed by atoms with Gasteiger partial charge in [-0.3, -0.25) is 9.59 Å². The van der Waals surface area contributed by atoms with E-state index < -0.39 is 17.8 Å². The van der Waals surface area contributed by atoms with Crippen molar-refractivity contribution in [3.8, 4) is 10.6 Å². The van der Waals surface area contributed by atoms with E-state index in [1.807, 2.05) is 23.6 Å². The lowest BCUT2D eigenvalue weighted by Gasteiger charge is -2.23. The number of anilines is 1. The van der Waals surface area contributed by atoms with Gasteiger partial charge in [0.25, 0.3) is 0 Å². The summed E-state index contributed by atoms with van der Waals surface area (Å²) in [7, 11) is 0. The molecule has 1 atom stereocenters. The van der Waals surface area contributed by atoms with Crippen molar-refractivity contribution in [2.24, 2.45) is 0 Å². The lowest BCUT2D eigenvalue weighted by Crippen LogP contribution is -2.45. The molecule has 1 aliphatic rings. The molecule has 154 valence electrons. The molecular formula is C21H17ClFN3O2S2. The maximum atomic E-state index is 13.8. The molecule has 4 rings (SSSR count). The van der Waals surface area contributed by atoms with Crippen LogP contribution in [0.4, 0.5) is 10.1 Å². The molecule has 2 aromatic carbocycles. The zero-order valence-electron chi connectivity index (χ0n) is 15.7. The maximum Gasteiger partial charge on any atom is 0.248 e. The molecule has 5 nitrogen and oxygen atoms in total. The van der Waals surface area contributed by atoms with E-state index in [4.69, 9.17) is 11.6 Å². The van der Waals surface area contributed by atoms with Crippen molar-refractivity contribution in [3.05, 3.63) is 70.4 Å². The molecule has 1 fully saturated rings. The Morgan fingerprint density at radius 1 is 1.20 bits per heavy atom. The van der Waals surface area contributed by atoms with E-state index in [1.54, 1.807) is 18.2 Å². The number of carbonyl (C=O) groups excluding carboxylic acids is 2. The predicted molar refractivity (Wildman–Crippen MR) is 119 cm³/mol. The first-order chi connectivity index (χ1) is 14.5. The molecule has 1 unspecified atom stereocenters. The number of halogens is 2. The van der Waals surface area contributed by atoms with Gasteiger partial charge in [0.05, 0.1) is 28.7 Å². The number of amides is 2. The number of nitrogens with zero attached hydrogens (tertiary/aromatic N) is 2. The van der Waals surface area contributed by atoms with Gasteiger partial charge in [0.2, 0.25) is 11.8 Å². The molecule has 1 N–H and O–H groups in total. The van der Waals surface area contributed by atoms with Crippen LogP contribution in [0.25, 0.3) is 10.6 Å². The summed E-state index contributed by atoms with van der Waals surface area (Å²) in [5, 5.41) is 5.76. The van der Waals surface area contributed by atoms with Gasteiger partial charge in [0.1, 0.15) is 16.9 Å². The van der Waals surface area contributed by atoms with E-state index in [0.717, 1.165) is 10.6 Å². The molecule has 1 aromatic heterocycles. The molecule has 30 heavy (non-hydrogen) atoms. The Hall–Kier alpha value is -2.42. The number of nitrogens with one attached hydrogen (secondary N) is 1. The average Bonchev–Trinajstić information content (AvgIpc) is 3.40. The quantitative estimate of drug-likeness (QED) is 0.599. The molecular weight excluding hydrogens is 445 g/mol. The zero-order chi connectivity index (χ0) is 21.1. The van der Waals surface area contributed by atoms with Gasteiger partial charge in [0, 0.05) is 16.7 Å². The number of para-hydroxylation sites is 1. The minimum atomic E-state index is -0.649. The third kappa shape index (κ3) is 4.50. The number of carbonyl (C=O) groups is 2. The lowest BCUT2D eigenvalue weighted by atomic mass is 10.2. The Kier molecular flexibility index (Phi) is 6.36. The van der Waals surface area contributed by atoms with Gasteiger partial charge >= 0.3 is 0 Å². The second kappa shape index (κ2) is 9.16. The Morgan fingerprint density at radius 3 is 2.77 bits per heavy atom. The number of hydrogen-bond donors (Lipinski definition) is 1. The molecule has 1 aliphatic heterocycles. The normalized spacial score (nSPS) is 15.9. The van der Waals surface area contributed by atoms with E-state index in [2.05, 4.69) is 10.3 Å². The summed E-state index contributed by atoms with van der Waals surface area (Å²) < 4.78 is 13.8. The zero-order valence-corrected chi connectivity index (χ0v) is 18.1. The second-order valence-corrected chi connectivity index (χ2v) is 8.91. The van der Waals surface area contributed by atoms with Gasteiger partial charge in [-0.15, -0.1) is 23.1 Å². The van der Waals surface area contributed by atoms with Crippen LogP contribution in [0.15, 0.2) is 53.9 Å². The number of hydrogen-bond acceptors (Lipinski definition) is 5. The Bertz CT molecular complexity index is 1090. The third-order valence-corrected chi connectivity index (χ3v) is 6.89. The molecule has 3 aromatic rings. The molecule has 9 heteroatoms. The number of thiazole rings is 1. The predicted octanol–water partition coefficient (Wildman–Crippen LogP) is 4.69. The van der Waals surface area contributed by atoms with Crippen LogP contribution < -0.4 is 5.32 Å². The first kappa shape index (κ1) is 20.8. The van der Waals surface area contributed by atoms with Crippen molar-refractivity contribution in [1.82, 2.24) is 9.88 Å². The number of aromatic nitrogens is 1. The standard InChI is InChI=1S/C21H17ClFN3O2S2/c22-15-6-2-1-5-14(15)21-24-13(10-30-21)9-19(27)26-12-29-11-18(26)20(28)25-17-8-4-3-7-16(17)23/h1-8,10,18H,9,11-12H2,(H,25,28). The van der Waals surface area contributed by atoms with Crippen LogP contribution >= 0.6 is 34.7 Å². The van der Waals surface area contributed by atoms with E-state index >= 15 is 0 Å². The van der Waals surface area contributed by atoms with Crippen molar-refractivity contribution < 1.29 is 14.0 Å². The van der Waals surface area contributed by atoms with Gasteiger partial charge in [0.15, 0.2) is 0 Å². The van der Waals surface area contributed by atoms with E-state index in [0.29, 0.717) is 22.3 Å². The van der Waals surface area contributed by atoms with Crippen molar-refractivity contribution in [2.75, 3.05) is 16.9 Å². The van der Waals surface area contributed by atoms with Crippen LogP contribution in [0, 0.1) is 5.82 Å². The summed E-state index contributed by atoms with van der Waals surface area (Å²) in [6.07, 6.45) is 0.0883. The fraction of sp³-hybridized carbons (Fsp3) is 0.190. The SMILES string of the molecule is O=C(Nc1ccccc1F)C1CSCN1C(=O)Cc1csc(-c2ccccc2Cl)n1. The summed E-state index contributed by atoms with van der Waals surface area (Å²) >= 11 is 9.14. The summed E-state index contributed by atoms with van der Waals surface area (Å²) in [6.45, 7) is 0. The summed E-state index contributed by atoms with van der Waals surface area (Å²) in [5.74, 6) is -0.217. The van der Waals surface area contributed by atoms with Gasteiger partial charge in [-0.25, -0.2) is 9.37 Å². The topological polar surface area (TPSA) is 62.3 Å². The highest BCUT2D eigenvalue weighted by molar-refractivity contribution is 7.99. The van der Waals surface area contributed by atoms with E-state index in [1.165, 1.54) is 40.1 Å². The van der Waals surface area contributed by atoms with Crippen LogP contribution in [-0.4, -0.2) is 39.4 Å². The molecule has 2 amide bonds. The first-order valence-electron chi connectivity index (χ1n) is 9.15. The highest BCUT2D eigenvalue weighted by atomic mass is 35.5. The van der Waals surface area contributed by atoms with Crippen molar-refractivity contribution in [2.45, 2.75) is 12.5 Å². The Labute approximate surface area is 186 Å². The fourth-order valence-corrected chi connectivity index (χ4v) is 5.41. The van der Waals surface area contributed by atoms with E-state index in [9.17, 15) is 14.0 Å². The highest BCUT2D eigenvalue weighted by Crippen LogP contribution is 2.31. The molecule has 1 saturated heterocycles. The Balaban J connectivity index is 1.43. The van der Waals surface area contributed by atoms with Gasteiger partial charge in [-0.1, -0.05) is 41.9 Å². The first-order valence-corrected chi connectivity index (χ1v) is 11.6. The van der Waals surface area contributed by atoms with Crippen LogP contribution in [0.1, 0.15) is 5.69 Å². The molecule has 0 radical (unpaired) electrons. The fourth-order valence-electron chi connectivity index (χ4n) is 3.09. The summed E-state index contributed by atoms with van der Waals surface area (Å²) in [5.41, 5.74) is 1.56. The van der Waals surface area contributed by atoms with Crippen molar-refractivity contribution in [3.63, 3.8) is 0 Å². The van der Waals surface area contributed by atoms with Gasteiger partial charge < -0.3 is 10.2 Å².